The molecule has 0 bridgehead atoms. The lowest BCUT2D eigenvalue weighted by molar-refractivity contribution is -0.107. The van der Waals surface area contributed by atoms with Crippen molar-refractivity contribution in [3.63, 3.8) is 0 Å². The first-order chi connectivity index (χ1) is 13.2. The largest absolute Gasteiger partial charge is 0.493 e. The van der Waals surface area contributed by atoms with Crippen molar-refractivity contribution in [1.82, 2.24) is 10.3 Å². The minimum absolute atomic E-state index is 0.261. The molecule has 2 aromatic carbocycles. The van der Waals surface area contributed by atoms with E-state index in [0.717, 1.165) is 27.9 Å². The number of benzene rings is 2. The molecule has 1 aromatic heterocycles. The molecule has 1 amide bonds. The van der Waals surface area contributed by atoms with Gasteiger partial charge in [-0.1, -0.05) is 36.4 Å². The monoisotopic (exact) mass is 376 g/mol. The Labute approximate surface area is 160 Å². The van der Waals surface area contributed by atoms with E-state index in [1.165, 1.54) is 0 Å². The van der Waals surface area contributed by atoms with Gasteiger partial charge in [0.05, 0.1) is 17.8 Å². The van der Waals surface area contributed by atoms with Gasteiger partial charge in [0.1, 0.15) is 5.75 Å². The molecule has 1 N–H and O–H groups in total. The van der Waals surface area contributed by atoms with Gasteiger partial charge in [-0.3, -0.25) is 14.6 Å². The smallest absolute Gasteiger partial charge is 0.291 e. The molecule has 27 heavy (non-hydrogen) atoms. The zero-order valence-corrected chi connectivity index (χ0v) is 15.2. The molecule has 1 fully saturated rings. The molecule has 0 atom stereocenters. The van der Waals surface area contributed by atoms with Gasteiger partial charge in [0.15, 0.2) is 0 Å². The van der Waals surface area contributed by atoms with Gasteiger partial charge in [0.25, 0.3) is 5.24 Å². The molecule has 0 radical (unpaired) electrons. The van der Waals surface area contributed by atoms with Crippen LogP contribution in [0.15, 0.2) is 66.4 Å². The first kappa shape index (κ1) is 17.3. The minimum atomic E-state index is -0.339. The van der Waals surface area contributed by atoms with E-state index >= 15 is 0 Å². The van der Waals surface area contributed by atoms with Crippen molar-refractivity contribution < 1.29 is 14.3 Å². The predicted molar refractivity (Wildman–Crippen MR) is 106 cm³/mol. The molecule has 0 aliphatic carbocycles. The molecule has 6 heteroatoms. The van der Waals surface area contributed by atoms with Crippen LogP contribution in [0.2, 0.25) is 0 Å². The Kier molecular flexibility index (Phi) is 4.89. The third-order valence-electron chi connectivity index (χ3n) is 4.12. The predicted octanol–water partition coefficient (Wildman–Crippen LogP) is 4.18. The maximum Gasteiger partial charge on any atom is 0.291 e. The maximum atomic E-state index is 11.6. The van der Waals surface area contributed by atoms with E-state index in [1.54, 1.807) is 6.08 Å². The number of ether oxygens (including phenoxy) is 1. The van der Waals surface area contributed by atoms with Gasteiger partial charge in [-0.2, -0.15) is 0 Å². The SMILES string of the molecule is O=C1NC(=Cc2ccc(OCCc3ccc4ccccc4n3)cc2)C(=O)S1. The third kappa shape index (κ3) is 4.17. The molecule has 5 nitrogen and oxygen atoms in total. The second-order valence-corrected chi connectivity index (χ2v) is 6.97. The van der Waals surface area contributed by atoms with Gasteiger partial charge in [-0.05, 0) is 35.9 Å². The van der Waals surface area contributed by atoms with E-state index in [9.17, 15) is 9.59 Å². The molecular weight excluding hydrogens is 360 g/mol. The summed E-state index contributed by atoms with van der Waals surface area (Å²) in [7, 11) is 0. The van der Waals surface area contributed by atoms with Crippen molar-refractivity contribution in [2.24, 2.45) is 0 Å². The van der Waals surface area contributed by atoms with Gasteiger partial charge in [-0.25, -0.2) is 0 Å². The van der Waals surface area contributed by atoms with Crippen molar-refractivity contribution in [3.05, 3.63) is 77.6 Å². The van der Waals surface area contributed by atoms with Crippen molar-refractivity contribution >= 4 is 39.1 Å². The molecule has 0 spiro atoms. The minimum Gasteiger partial charge on any atom is -0.493 e. The van der Waals surface area contributed by atoms with Gasteiger partial charge in [-0.15, -0.1) is 0 Å². The van der Waals surface area contributed by atoms with Crippen LogP contribution in [-0.4, -0.2) is 21.9 Å². The summed E-state index contributed by atoms with van der Waals surface area (Å²) < 4.78 is 5.78. The Bertz CT molecular complexity index is 1040. The van der Waals surface area contributed by atoms with Crippen molar-refractivity contribution in [1.29, 1.82) is 0 Å². The number of amides is 1. The topological polar surface area (TPSA) is 68.3 Å². The first-order valence-electron chi connectivity index (χ1n) is 8.50. The highest BCUT2D eigenvalue weighted by molar-refractivity contribution is 8.27. The highest BCUT2D eigenvalue weighted by Crippen LogP contribution is 2.22. The summed E-state index contributed by atoms with van der Waals surface area (Å²) in [5.41, 5.74) is 3.10. The Morgan fingerprint density at radius 1 is 1.00 bits per heavy atom. The first-order valence-corrected chi connectivity index (χ1v) is 9.31. The highest BCUT2D eigenvalue weighted by atomic mass is 32.2. The maximum absolute atomic E-state index is 11.6. The lowest BCUT2D eigenvalue weighted by Crippen LogP contribution is -2.10. The number of fused-ring (bicyclic) bond motifs is 1. The molecule has 2 heterocycles. The highest BCUT2D eigenvalue weighted by Gasteiger charge is 2.25. The number of nitrogens with one attached hydrogen (secondary N) is 1. The van der Waals surface area contributed by atoms with Crippen LogP contribution in [0.25, 0.3) is 17.0 Å². The van der Waals surface area contributed by atoms with Crippen LogP contribution in [0.5, 0.6) is 5.75 Å². The van der Waals surface area contributed by atoms with Crippen LogP contribution in [0.1, 0.15) is 11.3 Å². The molecule has 134 valence electrons. The fourth-order valence-corrected chi connectivity index (χ4v) is 3.32. The Hall–Kier alpha value is -3.12. The van der Waals surface area contributed by atoms with Crippen LogP contribution < -0.4 is 10.1 Å². The van der Waals surface area contributed by atoms with Gasteiger partial charge >= 0.3 is 0 Å². The number of aromatic nitrogens is 1. The summed E-state index contributed by atoms with van der Waals surface area (Å²) in [6, 6.07) is 19.5. The number of nitrogens with zero attached hydrogens (tertiary/aromatic N) is 1. The molecule has 1 aliphatic heterocycles. The molecule has 0 saturated carbocycles. The van der Waals surface area contributed by atoms with Crippen LogP contribution in [-0.2, 0) is 11.2 Å². The molecule has 1 aliphatic rings. The van der Waals surface area contributed by atoms with E-state index in [4.69, 9.17) is 4.74 Å². The van der Waals surface area contributed by atoms with Gasteiger partial charge in [0.2, 0.25) is 5.12 Å². The van der Waals surface area contributed by atoms with E-state index in [-0.39, 0.29) is 10.4 Å². The molecule has 3 aromatic rings. The number of carbonyl (C=O) groups excluding carboxylic acids is 2. The second kappa shape index (κ2) is 7.63. The van der Waals surface area contributed by atoms with Gasteiger partial charge in [0, 0.05) is 29.3 Å². The molecular formula is C21H16N2O3S. The molecule has 0 unspecified atom stereocenters. The average Bonchev–Trinajstić information content (AvgIpc) is 3.00. The normalized spacial score (nSPS) is 15.3. The van der Waals surface area contributed by atoms with E-state index < -0.39 is 0 Å². The fraction of sp³-hybridized carbons (Fsp3) is 0.0952. The second-order valence-electron chi connectivity index (χ2n) is 6.02. The Balaban J connectivity index is 1.35. The standard InChI is InChI=1S/C21H16N2O3S/c24-20-19(23-21(25)27-20)13-14-5-9-17(10-6-14)26-12-11-16-8-7-15-3-1-2-4-18(15)22-16/h1-10,13H,11-12H2,(H,23,25). The van der Waals surface area contributed by atoms with Crippen molar-refractivity contribution in [2.75, 3.05) is 6.61 Å². The summed E-state index contributed by atoms with van der Waals surface area (Å²) in [5, 5.41) is 3.06. The molecule has 4 rings (SSSR count). The number of carbonyl (C=O) groups is 2. The lowest BCUT2D eigenvalue weighted by Gasteiger charge is -2.07. The summed E-state index contributed by atoms with van der Waals surface area (Å²) in [6.07, 6.45) is 2.37. The summed E-state index contributed by atoms with van der Waals surface area (Å²) in [5.74, 6) is 0.745. The number of hydrogen-bond acceptors (Lipinski definition) is 5. The molecule has 1 saturated heterocycles. The Morgan fingerprint density at radius 2 is 1.81 bits per heavy atom. The lowest BCUT2D eigenvalue weighted by atomic mass is 10.2. The Morgan fingerprint density at radius 3 is 2.59 bits per heavy atom. The number of pyridine rings is 1. The zero-order valence-electron chi connectivity index (χ0n) is 14.3. The van der Waals surface area contributed by atoms with E-state index in [0.29, 0.717) is 30.5 Å². The van der Waals surface area contributed by atoms with E-state index in [1.807, 2.05) is 54.6 Å². The summed E-state index contributed by atoms with van der Waals surface area (Å²) in [6.45, 7) is 0.525. The quantitative estimate of drug-likeness (QED) is 0.677. The van der Waals surface area contributed by atoms with Crippen LogP contribution in [0.3, 0.4) is 0 Å². The number of rotatable bonds is 5. The number of thioether (sulfide) groups is 1. The zero-order chi connectivity index (χ0) is 18.6. The van der Waals surface area contributed by atoms with E-state index in [2.05, 4.69) is 16.4 Å². The van der Waals surface area contributed by atoms with Crippen molar-refractivity contribution in [3.8, 4) is 5.75 Å². The van der Waals surface area contributed by atoms with Crippen LogP contribution in [0.4, 0.5) is 4.79 Å². The van der Waals surface area contributed by atoms with Crippen LogP contribution in [0, 0.1) is 0 Å². The third-order valence-corrected chi connectivity index (χ3v) is 4.81. The average molecular weight is 376 g/mol. The summed E-state index contributed by atoms with van der Waals surface area (Å²) >= 11 is 0.673. The summed E-state index contributed by atoms with van der Waals surface area (Å²) in [4.78, 5) is 27.4. The van der Waals surface area contributed by atoms with Crippen LogP contribution >= 0.6 is 11.8 Å². The number of hydrogen-bond donors (Lipinski definition) is 1. The van der Waals surface area contributed by atoms with Crippen molar-refractivity contribution in [2.45, 2.75) is 6.42 Å². The van der Waals surface area contributed by atoms with Gasteiger partial charge < -0.3 is 10.1 Å². The number of para-hydroxylation sites is 1. The fourth-order valence-electron chi connectivity index (χ4n) is 2.77.